The summed E-state index contributed by atoms with van der Waals surface area (Å²) in [6, 6.07) is 11.2. The molecule has 4 nitrogen and oxygen atoms in total. The molecule has 2 aromatic rings. The molecular formula is C19H16O4. The molecule has 0 aliphatic heterocycles. The van der Waals surface area contributed by atoms with Crippen LogP contribution in [0.1, 0.15) is 56.0 Å². The molecular weight excluding hydrogens is 292 g/mol. The van der Waals surface area contributed by atoms with Crippen LogP contribution in [0.5, 0.6) is 0 Å². The van der Waals surface area contributed by atoms with Crippen LogP contribution < -0.4 is 0 Å². The molecule has 116 valence electrons. The lowest BCUT2D eigenvalue weighted by atomic mass is 9.83. The van der Waals surface area contributed by atoms with Gasteiger partial charge in [0.2, 0.25) is 0 Å². The third-order valence-corrected chi connectivity index (χ3v) is 3.71. The fourth-order valence-corrected chi connectivity index (χ4v) is 2.55. The van der Waals surface area contributed by atoms with E-state index < -0.39 is 5.97 Å². The summed E-state index contributed by atoms with van der Waals surface area (Å²) in [7, 11) is 0. The Morgan fingerprint density at radius 1 is 0.913 bits per heavy atom. The Labute approximate surface area is 134 Å². The van der Waals surface area contributed by atoms with Gasteiger partial charge in [0.15, 0.2) is 11.6 Å². The van der Waals surface area contributed by atoms with Gasteiger partial charge in [-0.1, -0.05) is 38.1 Å². The second-order valence-corrected chi connectivity index (χ2v) is 5.96. The van der Waals surface area contributed by atoms with Crippen LogP contribution in [0.4, 0.5) is 0 Å². The quantitative estimate of drug-likeness (QED) is 0.697. The predicted octanol–water partition coefficient (Wildman–Crippen LogP) is 3.27. The highest BCUT2D eigenvalue weighted by molar-refractivity contribution is 6.28. The maximum atomic E-state index is 12.6. The zero-order valence-corrected chi connectivity index (χ0v) is 13.0. The maximum absolute atomic E-state index is 12.6. The van der Waals surface area contributed by atoms with Gasteiger partial charge in [-0.25, -0.2) is 4.79 Å². The molecule has 0 N–H and O–H groups in total. The van der Waals surface area contributed by atoms with Crippen molar-refractivity contribution in [1.82, 2.24) is 0 Å². The first kappa shape index (κ1) is 15.2. The summed E-state index contributed by atoms with van der Waals surface area (Å²) in [6.45, 7) is 4.20. The van der Waals surface area contributed by atoms with E-state index in [0.29, 0.717) is 23.3 Å². The van der Waals surface area contributed by atoms with Crippen molar-refractivity contribution in [3.05, 3.63) is 70.3 Å². The molecule has 0 bridgehead atoms. The first-order valence-corrected chi connectivity index (χ1v) is 7.48. The third kappa shape index (κ3) is 2.68. The van der Waals surface area contributed by atoms with Crippen LogP contribution in [-0.4, -0.2) is 24.1 Å². The molecule has 0 atom stereocenters. The molecule has 0 fully saturated rings. The maximum Gasteiger partial charge on any atom is 0.338 e. The van der Waals surface area contributed by atoms with Gasteiger partial charge in [-0.05, 0) is 24.1 Å². The average Bonchev–Trinajstić information content (AvgIpc) is 2.57. The largest absolute Gasteiger partial charge is 0.462 e. The summed E-state index contributed by atoms with van der Waals surface area (Å²) < 4.78 is 5.18. The number of esters is 1. The Hall–Kier alpha value is -2.75. The second-order valence-electron chi connectivity index (χ2n) is 5.96. The fourth-order valence-electron chi connectivity index (χ4n) is 2.55. The molecule has 0 radical (unpaired) electrons. The van der Waals surface area contributed by atoms with Gasteiger partial charge in [-0.3, -0.25) is 9.59 Å². The number of benzene rings is 2. The number of carbonyl (C=O) groups excluding carboxylic acids is 3. The zero-order valence-electron chi connectivity index (χ0n) is 13.0. The van der Waals surface area contributed by atoms with Crippen LogP contribution in [0.2, 0.25) is 0 Å². The van der Waals surface area contributed by atoms with E-state index in [9.17, 15) is 14.4 Å². The first-order chi connectivity index (χ1) is 11.0. The van der Waals surface area contributed by atoms with Crippen molar-refractivity contribution < 1.29 is 19.1 Å². The number of carbonyl (C=O) groups is 3. The van der Waals surface area contributed by atoms with Crippen LogP contribution in [0.25, 0.3) is 0 Å². The molecule has 4 heteroatoms. The van der Waals surface area contributed by atoms with Crippen LogP contribution in [0.15, 0.2) is 42.5 Å². The summed E-state index contributed by atoms with van der Waals surface area (Å²) in [6.07, 6.45) is 0. The minimum absolute atomic E-state index is 0.197. The summed E-state index contributed by atoms with van der Waals surface area (Å²) in [5.74, 6) is -0.696. The van der Waals surface area contributed by atoms with E-state index in [1.54, 1.807) is 24.3 Å². The summed E-state index contributed by atoms with van der Waals surface area (Å²) in [4.78, 5) is 37.1. The highest BCUT2D eigenvalue weighted by atomic mass is 16.5. The summed E-state index contributed by atoms with van der Waals surface area (Å²) >= 11 is 0. The van der Waals surface area contributed by atoms with Crippen molar-refractivity contribution in [2.45, 2.75) is 13.8 Å². The number of fused-ring (bicyclic) bond motifs is 2. The van der Waals surface area contributed by atoms with Crippen LogP contribution in [0.3, 0.4) is 0 Å². The van der Waals surface area contributed by atoms with Gasteiger partial charge in [0.1, 0.15) is 0 Å². The van der Waals surface area contributed by atoms with Gasteiger partial charge in [0.05, 0.1) is 12.2 Å². The van der Waals surface area contributed by atoms with Gasteiger partial charge in [-0.2, -0.15) is 0 Å². The minimum Gasteiger partial charge on any atom is -0.462 e. The lowest BCUT2D eigenvalue weighted by Crippen LogP contribution is -2.21. The molecule has 3 rings (SSSR count). The highest BCUT2D eigenvalue weighted by Crippen LogP contribution is 2.28. The van der Waals surface area contributed by atoms with E-state index >= 15 is 0 Å². The van der Waals surface area contributed by atoms with Gasteiger partial charge in [0.25, 0.3) is 0 Å². The molecule has 1 aliphatic carbocycles. The minimum atomic E-state index is -0.486. The van der Waals surface area contributed by atoms with Gasteiger partial charge in [-0.15, -0.1) is 0 Å². The Balaban J connectivity index is 1.99. The van der Waals surface area contributed by atoms with Crippen molar-refractivity contribution in [1.29, 1.82) is 0 Å². The summed E-state index contributed by atoms with van der Waals surface area (Å²) in [5.41, 5.74) is 1.64. The van der Waals surface area contributed by atoms with E-state index in [1.165, 1.54) is 18.2 Å². The summed E-state index contributed by atoms with van der Waals surface area (Å²) in [5, 5.41) is 0. The van der Waals surface area contributed by atoms with Crippen molar-refractivity contribution in [3.8, 4) is 0 Å². The molecule has 0 spiro atoms. The molecule has 23 heavy (non-hydrogen) atoms. The fraction of sp³-hybridized carbons (Fsp3) is 0.211. The lowest BCUT2D eigenvalue weighted by molar-refractivity contribution is 0.0458. The molecule has 0 amide bonds. The molecule has 2 aromatic carbocycles. The number of hydrogen-bond donors (Lipinski definition) is 0. The molecule has 1 aliphatic rings. The molecule has 0 heterocycles. The zero-order chi connectivity index (χ0) is 16.6. The first-order valence-electron chi connectivity index (χ1n) is 7.48. The molecule has 0 saturated carbocycles. The lowest BCUT2D eigenvalue weighted by Gasteiger charge is -2.17. The molecule has 0 unspecified atom stereocenters. The normalized spacial score (nSPS) is 12.8. The number of hydrogen-bond acceptors (Lipinski definition) is 4. The second kappa shape index (κ2) is 5.80. The predicted molar refractivity (Wildman–Crippen MR) is 84.9 cm³/mol. The van der Waals surface area contributed by atoms with Crippen molar-refractivity contribution in [3.63, 3.8) is 0 Å². The van der Waals surface area contributed by atoms with Gasteiger partial charge < -0.3 is 4.74 Å². The standard InChI is InChI=1S/C19H16O4/c1-11(2)10-23-19(22)12-7-8-15-16(9-12)18(21)14-6-4-3-5-13(14)17(15)20/h3-9,11H,10H2,1-2H3. The van der Waals surface area contributed by atoms with E-state index in [-0.39, 0.29) is 28.6 Å². The SMILES string of the molecule is CC(C)COC(=O)c1ccc2c(c1)C(=O)c1ccccc1C2=O. The van der Waals surface area contributed by atoms with E-state index in [0.717, 1.165) is 0 Å². The van der Waals surface area contributed by atoms with Crippen LogP contribution in [0, 0.1) is 5.92 Å². The van der Waals surface area contributed by atoms with E-state index in [2.05, 4.69) is 0 Å². The number of ketones is 2. The van der Waals surface area contributed by atoms with Crippen molar-refractivity contribution in [2.75, 3.05) is 6.61 Å². The van der Waals surface area contributed by atoms with Crippen LogP contribution >= 0.6 is 0 Å². The van der Waals surface area contributed by atoms with Crippen LogP contribution in [-0.2, 0) is 4.74 Å². The van der Waals surface area contributed by atoms with Crippen molar-refractivity contribution in [2.24, 2.45) is 5.92 Å². The Bertz CT molecular complexity index is 818. The monoisotopic (exact) mass is 308 g/mol. The number of ether oxygens (including phenoxy) is 1. The molecule has 0 aromatic heterocycles. The smallest absolute Gasteiger partial charge is 0.338 e. The van der Waals surface area contributed by atoms with E-state index in [4.69, 9.17) is 4.74 Å². The Morgan fingerprint density at radius 3 is 2.09 bits per heavy atom. The third-order valence-electron chi connectivity index (χ3n) is 3.71. The average molecular weight is 308 g/mol. The van der Waals surface area contributed by atoms with E-state index in [1.807, 2.05) is 13.8 Å². The van der Waals surface area contributed by atoms with Crippen molar-refractivity contribution >= 4 is 17.5 Å². The van der Waals surface area contributed by atoms with Gasteiger partial charge in [0, 0.05) is 22.3 Å². The number of rotatable bonds is 3. The van der Waals surface area contributed by atoms with Gasteiger partial charge >= 0.3 is 5.97 Å². The Kier molecular flexibility index (Phi) is 3.82. The topological polar surface area (TPSA) is 60.4 Å². The highest BCUT2D eigenvalue weighted by Gasteiger charge is 2.30. The molecule has 0 saturated heterocycles. The Morgan fingerprint density at radius 2 is 1.48 bits per heavy atom.